The van der Waals surface area contributed by atoms with E-state index in [4.69, 9.17) is 4.74 Å². The minimum absolute atomic E-state index is 0.0641. The summed E-state index contributed by atoms with van der Waals surface area (Å²) in [6.07, 6.45) is 2.45. The number of hydrogen-bond donors (Lipinski definition) is 2. The molecule has 2 aromatic carbocycles. The molecule has 10 heteroatoms. The van der Waals surface area contributed by atoms with Gasteiger partial charge in [-0.3, -0.25) is 19.4 Å². The lowest BCUT2D eigenvalue weighted by Gasteiger charge is -2.25. The second kappa shape index (κ2) is 11.9. The summed E-state index contributed by atoms with van der Waals surface area (Å²) in [5.41, 5.74) is 2.10. The van der Waals surface area contributed by atoms with Gasteiger partial charge in [0.25, 0.3) is 5.91 Å². The van der Waals surface area contributed by atoms with Crippen molar-refractivity contribution in [3.8, 4) is 5.75 Å². The number of rotatable bonds is 10. The van der Waals surface area contributed by atoms with Gasteiger partial charge in [0.1, 0.15) is 17.6 Å². The van der Waals surface area contributed by atoms with E-state index >= 15 is 0 Å². The molecule has 0 saturated heterocycles. The third-order valence-corrected chi connectivity index (χ3v) is 6.69. The third kappa shape index (κ3) is 5.93. The number of carbonyl (C=O) groups excluding carboxylic acids is 3. The predicted octanol–water partition coefficient (Wildman–Crippen LogP) is 3.72. The number of methoxy groups -OCH3 is 1. The molecule has 2 N–H and O–H groups in total. The van der Waals surface area contributed by atoms with Crippen LogP contribution in [0.5, 0.6) is 5.75 Å². The summed E-state index contributed by atoms with van der Waals surface area (Å²) in [4.78, 5) is 48.8. The van der Waals surface area contributed by atoms with Crippen molar-refractivity contribution in [2.45, 2.75) is 38.6 Å². The number of para-hydroxylation sites is 1. The fourth-order valence-electron chi connectivity index (χ4n) is 3.85. The van der Waals surface area contributed by atoms with Gasteiger partial charge in [0.2, 0.25) is 11.8 Å². The minimum atomic E-state index is -0.665. The van der Waals surface area contributed by atoms with E-state index in [0.717, 1.165) is 18.4 Å². The Hall–Kier alpha value is -3.66. The molecule has 2 aromatic rings. The molecular formula is C26H29N5O4S. The molecule has 2 heterocycles. The number of aliphatic imine (C=N–C) groups is 2. The Morgan fingerprint density at radius 1 is 1.11 bits per heavy atom. The SMILES string of the molecule is CCCCNC(=O)CC[C@@H]1N=C2c3ccccc3N=C(SCC(=O)Nc3ccc(OC)cc3)N2C1=O. The monoisotopic (exact) mass is 507 g/mol. The van der Waals surface area contributed by atoms with Crippen molar-refractivity contribution in [3.63, 3.8) is 0 Å². The van der Waals surface area contributed by atoms with Crippen LogP contribution in [0.1, 0.15) is 38.2 Å². The minimum Gasteiger partial charge on any atom is -0.497 e. The fraction of sp³-hybridized carbons (Fsp3) is 0.346. The Balaban J connectivity index is 1.43. The number of amides is 3. The summed E-state index contributed by atoms with van der Waals surface area (Å²) >= 11 is 1.17. The number of thioether (sulfide) groups is 1. The van der Waals surface area contributed by atoms with Gasteiger partial charge in [0, 0.05) is 24.2 Å². The number of anilines is 1. The van der Waals surface area contributed by atoms with E-state index in [1.54, 1.807) is 31.4 Å². The molecule has 1 atom stereocenters. The van der Waals surface area contributed by atoms with E-state index < -0.39 is 6.04 Å². The molecule has 0 saturated carbocycles. The molecule has 0 unspecified atom stereocenters. The fourth-order valence-corrected chi connectivity index (χ4v) is 4.65. The van der Waals surface area contributed by atoms with E-state index in [2.05, 4.69) is 27.5 Å². The normalized spacial score (nSPS) is 16.0. The maximum absolute atomic E-state index is 13.3. The van der Waals surface area contributed by atoms with Crippen molar-refractivity contribution in [1.82, 2.24) is 10.2 Å². The highest BCUT2D eigenvalue weighted by molar-refractivity contribution is 8.14. The lowest BCUT2D eigenvalue weighted by molar-refractivity contribution is -0.125. The zero-order valence-corrected chi connectivity index (χ0v) is 21.1. The van der Waals surface area contributed by atoms with Crippen molar-refractivity contribution in [2.24, 2.45) is 9.98 Å². The number of ether oxygens (including phenoxy) is 1. The van der Waals surface area contributed by atoms with Gasteiger partial charge in [-0.15, -0.1) is 0 Å². The quantitative estimate of drug-likeness (QED) is 0.476. The molecule has 0 aliphatic carbocycles. The number of hydrogen-bond acceptors (Lipinski definition) is 7. The number of carbonyl (C=O) groups is 3. The maximum atomic E-state index is 13.3. The Morgan fingerprint density at radius 2 is 1.89 bits per heavy atom. The first kappa shape index (κ1) is 25.4. The summed E-state index contributed by atoms with van der Waals surface area (Å²) in [6.45, 7) is 2.70. The van der Waals surface area contributed by atoms with E-state index in [-0.39, 0.29) is 29.9 Å². The van der Waals surface area contributed by atoms with Gasteiger partial charge in [-0.1, -0.05) is 37.2 Å². The van der Waals surface area contributed by atoms with Crippen LogP contribution >= 0.6 is 11.8 Å². The van der Waals surface area contributed by atoms with Gasteiger partial charge in [-0.05, 0) is 49.2 Å². The average Bonchev–Trinajstić information content (AvgIpc) is 3.23. The zero-order chi connectivity index (χ0) is 25.5. The summed E-state index contributed by atoms with van der Waals surface area (Å²) in [5, 5.41) is 6.11. The molecule has 0 spiro atoms. The molecule has 2 aliphatic rings. The molecule has 2 aliphatic heterocycles. The summed E-state index contributed by atoms with van der Waals surface area (Å²) < 4.78 is 5.14. The topological polar surface area (TPSA) is 112 Å². The van der Waals surface area contributed by atoms with Crippen LogP contribution in [-0.4, -0.2) is 59.1 Å². The molecule has 9 nitrogen and oxygen atoms in total. The summed E-state index contributed by atoms with van der Waals surface area (Å²) in [6, 6.07) is 13.8. The van der Waals surface area contributed by atoms with Crippen LogP contribution in [0.15, 0.2) is 58.5 Å². The standard InChI is InChI=1S/C26H29N5O4S/c1-3-4-15-27-22(32)14-13-21-25(34)31-24(29-21)19-7-5-6-8-20(19)30-26(31)36-16-23(33)28-17-9-11-18(35-2)12-10-17/h5-12,21H,3-4,13-16H2,1-2H3,(H,27,32)(H,28,33)/t21-/m0/s1. The Bertz CT molecular complexity index is 1200. The largest absolute Gasteiger partial charge is 0.497 e. The van der Waals surface area contributed by atoms with Crippen LogP contribution in [0.2, 0.25) is 0 Å². The van der Waals surface area contributed by atoms with Gasteiger partial charge in [-0.2, -0.15) is 0 Å². The molecule has 0 fully saturated rings. The van der Waals surface area contributed by atoms with E-state index in [0.29, 0.717) is 41.1 Å². The van der Waals surface area contributed by atoms with Crippen LogP contribution in [0.4, 0.5) is 11.4 Å². The number of fused-ring (bicyclic) bond motifs is 3. The average molecular weight is 508 g/mol. The van der Waals surface area contributed by atoms with Crippen LogP contribution in [0, 0.1) is 0 Å². The second-order valence-electron chi connectivity index (χ2n) is 8.36. The summed E-state index contributed by atoms with van der Waals surface area (Å²) in [7, 11) is 1.58. The van der Waals surface area contributed by atoms with E-state index in [1.165, 1.54) is 16.7 Å². The molecule has 0 aromatic heterocycles. The number of nitrogens with one attached hydrogen (secondary N) is 2. The van der Waals surface area contributed by atoms with Gasteiger partial charge in [-0.25, -0.2) is 9.89 Å². The Morgan fingerprint density at radius 3 is 2.64 bits per heavy atom. The number of benzene rings is 2. The van der Waals surface area contributed by atoms with E-state index in [1.807, 2.05) is 24.3 Å². The number of unbranched alkanes of at least 4 members (excludes halogenated alkanes) is 1. The van der Waals surface area contributed by atoms with Gasteiger partial charge >= 0.3 is 0 Å². The lowest BCUT2D eigenvalue weighted by Crippen LogP contribution is -2.41. The van der Waals surface area contributed by atoms with Crippen molar-refractivity contribution >= 4 is 51.9 Å². The molecule has 0 radical (unpaired) electrons. The van der Waals surface area contributed by atoms with Crippen LogP contribution in [0.25, 0.3) is 0 Å². The first-order valence-electron chi connectivity index (χ1n) is 11.9. The molecule has 188 valence electrons. The molecule has 36 heavy (non-hydrogen) atoms. The van der Waals surface area contributed by atoms with Gasteiger partial charge in [0.15, 0.2) is 5.17 Å². The van der Waals surface area contributed by atoms with E-state index in [9.17, 15) is 14.4 Å². The summed E-state index contributed by atoms with van der Waals surface area (Å²) in [5.74, 6) is 0.735. The predicted molar refractivity (Wildman–Crippen MR) is 142 cm³/mol. The van der Waals surface area contributed by atoms with Gasteiger partial charge < -0.3 is 15.4 Å². The highest BCUT2D eigenvalue weighted by atomic mass is 32.2. The third-order valence-electron chi connectivity index (χ3n) is 5.75. The molecule has 3 amide bonds. The van der Waals surface area contributed by atoms with Crippen molar-refractivity contribution < 1.29 is 19.1 Å². The first-order valence-corrected chi connectivity index (χ1v) is 12.9. The highest BCUT2D eigenvalue weighted by Gasteiger charge is 2.41. The van der Waals surface area contributed by atoms with Crippen LogP contribution in [0.3, 0.4) is 0 Å². The smallest absolute Gasteiger partial charge is 0.259 e. The van der Waals surface area contributed by atoms with Crippen molar-refractivity contribution in [2.75, 3.05) is 24.7 Å². The van der Waals surface area contributed by atoms with Crippen molar-refractivity contribution in [1.29, 1.82) is 0 Å². The number of amidine groups is 2. The Labute approximate surface area is 214 Å². The highest BCUT2D eigenvalue weighted by Crippen LogP contribution is 2.34. The van der Waals surface area contributed by atoms with Gasteiger partial charge in [0.05, 0.1) is 18.6 Å². The molecule has 4 rings (SSSR count). The second-order valence-corrected chi connectivity index (χ2v) is 9.30. The molecule has 0 bridgehead atoms. The van der Waals surface area contributed by atoms with Crippen LogP contribution in [-0.2, 0) is 14.4 Å². The maximum Gasteiger partial charge on any atom is 0.259 e. The Kier molecular flexibility index (Phi) is 8.37. The first-order chi connectivity index (χ1) is 17.5. The zero-order valence-electron chi connectivity index (χ0n) is 20.3. The van der Waals surface area contributed by atoms with Crippen molar-refractivity contribution in [3.05, 3.63) is 54.1 Å². The lowest BCUT2D eigenvalue weighted by atomic mass is 10.1. The molecular weight excluding hydrogens is 478 g/mol. The number of nitrogens with zero attached hydrogens (tertiary/aromatic N) is 3. The van der Waals surface area contributed by atoms with Crippen LogP contribution < -0.4 is 15.4 Å².